The minimum atomic E-state index is -1.62. The van der Waals surface area contributed by atoms with Crippen molar-refractivity contribution >= 4 is 118 Å². The van der Waals surface area contributed by atoms with Gasteiger partial charge in [0.25, 0.3) is 0 Å². The average molecular weight is 1900 g/mol. The number of phenolic OH excluding ortho intramolecular Hbond substituents is 1. The maximum atomic E-state index is 15.6. The monoisotopic (exact) mass is 1900 g/mol. The minimum absolute atomic E-state index is 0.00480. The van der Waals surface area contributed by atoms with E-state index in [0.29, 0.717) is 67.0 Å². The van der Waals surface area contributed by atoms with E-state index in [9.17, 15) is 48.6 Å². The predicted octanol–water partition coefficient (Wildman–Crippen LogP) is -3.43. The predicted molar refractivity (Wildman–Crippen MR) is 509 cm³/mol. The van der Waals surface area contributed by atoms with Gasteiger partial charge in [0.1, 0.15) is 84.3 Å². The number of aromatic nitrogens is 1. The van der Waals surface area contributed by atoms with Crippen LogP contribution in [0.1, 0.15) is 200 Å². The molecule has 2 aliphatic heterocycles. The number of hydrogen-bond acceptors (Lipinski definition) is 23. The Morgan fingerprint density at radius 2 is 0.741 bits per heavy atom. The van der Waals surface area contributed by atoms with Crippen LogP contribution < -0.4 is 126 Å². The SMILES string of the molecule is CC(C)C[C@H](NC(=O)[C@H](CCCNC(=N)N)NC(=O)[C@@H](N)CC(C)C)C(=O)N[C@@H](CCCCN)C(=O)N[C@@H](CCCCN)C(=O)N[C@@H](CCCNC(=N)N)C(=O)N[C@@H](CCCNC(=N)N)C(=O)N[C@@H](Cc1c[nH]c2ccccc12)C(=O)N[C@@H](CCCCN)C(=O)N[C@@H](Cc1ccc(O)cc1)C(=O)N[C@@H](CCCNC(=N)N)C(=O)N[C@H](C(=O)N1CCC[C@@H]1C(=O)N1CCC[C@H]1C(=O)O)C(C)C. The van der Waals surface area contributed by atoms with Crippen LogP contribution in [0.5, 0.6) is 5.75 Å². The number of nitrogens with zero attached hydrogens (tertiary/aromatic N) is 2. The van der Waals surface area contributed by atoms with Gasteiger partial charge in [0.2, 0.25) is 76.8 Å². The van der Waals surface area contributed by atoms with Crippen LogP contribution in [0.15, 0.2) is 54.7 Å². The highest BCUT2D eigenvalue weighted by atomic mass is 16.4. The molecule has 5 rings (SSSR count). The van der Waals surface area contributed by atoms with E-state index in [4.69, 9.17) is 67.5 Å². The number of aromatic hydroxyl groups is 1. The average Bonchev–Trinajstić information content (AvgIpc) is 1.67. The molecule has 14 atom stereocenters. The number of para-hydroxylation sites is 1. The summed E-state index contributed by atoms with van der Waals surface area (Å²) in [5, 5.41) is 93.3. The number of carbonyl (C=O) groups excluding carboxylic acids is 13. The van der Waals surface area contributed by atoms with E-state index in [0.717, 1.165) is 0 Å². The Labute approximate surface area is 788 Å². The lowest BCUT2D eigenvalue weighted by Crippen LogP contribution is -2.61. The number of aliphatic carboxylic acids is 1. The summed E-state index contributed by atoms with van der Waals surface area (Å²) in [6.45, 7) is 11.7. The maximum absolute atomic E-state index is 15.6. The Balaban J connectivity index is 1.52. The van der Waals surface area contributed by atoms with Crippen LogP contribution >= 0.6 is 0 Å². The van der Waals surface area contributed by atoms with Crippen molar-refractivity contribution < 1.29 is 77.3 Å². The fourth-order valence-electron chi connectivity index (χ4n) is 16.0. The minimum Gasteiger partial charge on any atom is -0.508 e. The number of nitrogens with two attached hydrogens (primary N) is 8. The van der Waals surface area contributed by atoms with E-state index >= 15 is 28.8 Å². The molecule has 46 nitrogen and oxygen atoms in total. The standard InChI is InChI=1S/C89H150N30O16/c1-50(2)45-57(93)72(121)107-62(26-15-39-102-86(94)95)77(126)114-66(46-51(3)4)80(129)111-60(24-10-13-37-91)74(123)108-59(23-9-12-36-90)73(122)109-63(27-16-40-103-87(96)97)75(124)110-64(28-17-41-104-88(98)99)78(127)116-68(48-54-49-106-58-22-8-7-21-56(54)58)82(131)112-61(25-11-14-38-92)76(125)115-67(47-53-32-34-55(120)35-33-53)81(130)113-65(29-18-42-105-89(100)101)79(128)117-71(52(5)6)84(133)118-43-19-30-69(118)83(132)119-44-20-31-70(119)85(134)135/h7-8,21-22,32-35,49-52,57,59-71,106,120H,9-20,23-31,36-48,90-93H2,1-6H3,(H,107,121)(H,108,123)(H,109,122)(H,110,124)(H,111,129)(H,112,131)(H,113,130)(H,114,126)(H,115,125)(H,116,127)(H,117,128)(H,134,135)(H4,94,95,102)(H4,96,97,103)(H4,98,99,104)(H4,100,101,105)/t57-,59-,60-,61-,62-,63-,64-,65-,66-,67-,68-,69+,70-,71-/m0/s1. The molecule has 0 radical (unpaired) electrons. The van der Waals surface area contributed by atoms with Crippen LogP contribution in [-0.2, 0) is 80.0 Å². The summed E-state index contributed by atoms with van der Waals surface area (Å²) < 4.78 is 0. The second kappa shape index (κ2) is 59.1. The van der Waals surface area contributed by atoms with Gasteiger partial charge in [0.05, 0.1) is 6.04 Å². The molecule has 38 N–H and O–H groups in total. The van der Waals surface area contributed by atoms with E-state index in [1.807, 2.05) is 27.7 Å². The van der Waals surface area contributed by atoms with Gasteiger partial charge in [-0.15, -0.1) is 0 Å². The Morgan fingerprint density at radius 1 is 0.407 bits per heavy atom. The van der Waals surface area contributed by atoms with Crippen molar-refractivity contribution in [2.24, 2.45) is 63.6 Å². The highest BCUT2D eigenvalue weighted by molar-refractivity contribution is 6.01. The fourth-order valence-corrected chi connectivity index (χ4v) is 16.0. The van der Waals surface area contributed by atoms with Crippen LogP contribution in [-0.4, -0.2) is 275 Å². The van der Waals surface area contributed by atoms with E-state index in [-0.39, 0.29) is 204 Å². The molecule has 1 aromatic heterocycles. The van der Waals surface area contributed by atoms with E-state index < -0.39 is 185 Å². The van der Waals surface area contributed by atoms with Crippen LogP contribution in [0.2, 0.25) is 0 Å². The third kappa shape index (κ3) is 39.8. The smallest absolute Gasteiger partial charge is 0.326 e. The fraction of sp³-hybridized carbons (Fsp3) is 0.640. The van der Waals surface area contributed by atoms with Gasteiger partial charge in [-0.25, -0.2) is 4.79 Å². The number of fused-ring (bicyclic) bond motifs is 1. The number of rotatable bonds is 62. The number of benzene rings is 2. The zero-order valence-corrected chi connectivity index (χ0v) is 78.7. The second-order valence-corrected chi connectivity index (χ2v) is 35.6. The van der Waals surface area contributed by atoms with Gasteiger partial charge in [0.15, 0.2) is 23.8 Å². The summed E-state index contributed by atoms with van der Waals surface area (Å²) in [5.41, 5.74) is 48.1. The van der Waals surface area contributed by atoms with Crippen molar-refractivity contribution in [3.8, 4) is 5.75 Å². The molecule has 0 spiro atoms. The summed E-state index contributed by atoms with van der Waals surface area (Å²) in [5.74, 6) is -14.3. The number of amides is 13. The second-order valence-electron chi connectivity index (χ2n) is 35.6. The van der Waals surface area contributed by atoms with Crippen molar-refractivity contribution in [1.82, 2.24) is 94.5 Å². The first kappa shape index (κ1) is 113. The van der Waals surface area contributed by atoms with Gasteiger partial charge in [-0.05, 0) is 214 Å². The van der Waals surface area contributed by atoms with Gasteiger partial charge in [-0.2, -0.15) is 0 Å². The molecule has 46 heteroatoms. The van der Waals surface area contributed by atoms with Crippen LogP contribution in [0.3, 0.4) is 0 Å². The summed E-state index contributed by atoms with van der Waals surface area (Å²) in [4.78, 5) is 211. The molecule has 135 heavy (non-hydrogen) atoms. The lowest BCUT2D eigenvalue weighted by atomic mass is 10.00. The molecule has 0 saturated carbocycles. The van der Waals surface area contributed by atoms with E-state index in [1.165, 1.54) is 34.1 Å². The van der Waals surface area contributed by atoms with Gasteiger partial charge >= 0.3 is 5.97 Å². The Morgan fingerprint density at radius 3 is 1.12 bits per heavy atom. The summed E-state index contributed by atoms with van der Waals surface area (Å²) in [6.07, 6.45) is 4.26. The molecule has 3 heterocycles. The summed E-state index contributed by atoms with van der Waals surface area (Å²) in [6, 6.07) is -6.24. The Bertz CT molecular complexity index is 4420. The molecule has 2 aromatic carbocycles. The molecule has 752 valence electrons. The van der Waals surface area contributed by atoms with Gasteiger partial charge < -0.3 is 151 Å². The number of likely N-dealkylation sites (tertiary alicyclic amines) is 2. The zero-order chi connectivity index (χ0) is 100.0. The number of hydrogen-bond donors (Lipinski definition) is 30. The third-order valence-corrected chi connectivity index (χ3v) is 23.2. The van der Waals surface area contributed by atoms with E-state index in [2.05, 4.69) is 84.7 Å². The molecule has 0 bridgehead atoms. The Kier molecular flexibility index (Phi) is 49.4. The third-order valence-electron chi connectivity index (χ3n) is 23.2. The molecule has 2 saturated heterocycles. The topological polar surface area (TPSA) is 786 Å². The number of H-pyrrole nitrogens is 1. The van der Waals surface area contributed by atoms with Crippen molar-refractivity contribution in [3.05, 3.63) is 65.9 Å². The Hall–Kier alpha value is -12.7. The van der Waals surface area contributed by atoms with Gasteiger partial charge in [-0.1, -0.05) is 71.9 Å². The number of phenols is 1. The highest BCUT2D eigenvalue weighted by Crippen LogP contribution is 2.28. The molecular weight excluding hydrogens is 1750 g/mol. The molecule has 2 aliphatic rings. The number of unbranched alkanes of at least 4 members (excludes halogenated alkanes) is 3. The van der Waals surface area contributed by atoms with Gasteiger partial charge in [0, 0.05) is 69.2 Å². The van der Waals surface area contributed by atoms with Crippen LogP contribution in [0, 0.1) is 39.4 Å². The molecule has 0 aliphatic carbocycles. The number of guanidine groups is 4. The van der Waals surface area contributed by atoms with Crippen molar-refractivity contribution in [3.63, 3.8) is 0 Å². The van der Waals surface area contributed by atoms with Gasteiger partial charge in [-0.3, -0.25) is 84.0 Å². The van der Waals surface area contributed by atoms with Crippen LogP contribution in [0.25, 0.3) is 10.9 Å². The maximum Gasteiger partial charge on any atom is 0.326 e. The number of carbonyl (C=O) groups is 14. The molecule has 0 unspecified atom stereocenters. The van der Waals surface area contributed by atoms with Crippen molar-refractivity contribution in [2.75, 3.05) is 58.9 Å². The number of nitrogens with one attached hydrogen (secondary N) is 20. The first-order chi connectivity index (χ1) is 64.2. The zero-order valence-electron chi connectivity index (χ0n) is 78.7. The normalized spacial score (nSPS) is 16.2. The first-order valence-electron chi connectivity index (χ1n) is 46.8. The first-order valence-corrected chi connectivity index (χ1v) is 46.8. The summed E-state index contributed by atoms with van der Waals surface area (Å²) in [7, 11) is 0. The highest BCUT2D eigenvalue weighted by Gasteiger charge is 2.46. The number of carboxylic acid groups (broad SMARTS) is 1. The van der Waals surface area contributed by atoms with Crippen LogP contribution in [0.4, 0.5) is 0 Å². The lowest BCUT2D eigenvalue weighted by Gasteiger charge is -2.34. The molecule has 13 amide bonds. The molecule has 2 fully saturated rings. The van der Waals surface area contributed by atoms with Crippen molar-refractivity contribution in [2.45, 2.75) is 287 Å². The number of carboxylic acids is 1. The lowest BCUT2D eigenvalue weighted by molar-refractivity contribution is -0.152. The molecular formula is C89H150N30O16. The van der Waals surface area contributed by atoms with E-state index in [1.54, 1.807) is 44.3 Å². The summed E-state index contributed by atoms with van der Waals surface area (Å²) >= 11 is 0. The largest absolute Gasteiger partial charge is 0.508 e. The number of aromatic amines is 1. The molecule has 3 aromatic rings. The quantitative estimate of drug-likeness (QED) is 0.0149. The van der Waals surface area contributed by atoms with Crippen molar-refractivity contribution in [1.29, 1.82) is 21.6 Å².